The molecule has 0 radical (unpaired) electrons. The molecular weight excluding hydrogens is 370 g/mol. The Morgan fingerprint density at radius 2 is 1.88 bits per heavy atom. The smallest absolute Gasteiger partial charge is 0.298 e. The van der Waals surface area contributed by atoms with Crippen LogP contribution in [0.3, 0.4) is 0 Å². The van der Waals surface area contributed by atoms with Gasteiger partial charge in [-0.25, -0.2) is 9.97 Å². The molecule has 0 aliphatic carbocycles. The van der Waals surface area contributed by atoms with Crippen LogP contribution in [0.2, 0.25) is 0 Å². The molecule has 1 aromatic carbocycles. The summed E-state index contributed by atoms with van der Waals surface area (Å²) in [6.07, 6.45) is 5.61. The predicted molar refractivity (Wildman–Crippen MR) is 97.4 cm³/mol. The lowest BCUT2D eigenvalue weighted by Crippen LogP contribution is -2.44. The zero-order valence-electron chi connectivity index (χ0n) is 13.4. The fraction of sp³-hybridized carbons (Fsp3) is 0.353. The monoisotopic (exact) mass is 387 g/mol. The van der Waals surface area contributed by atoms with Crippen LogP contribution < -0.4 is 9.80 Å². The quantitative estimate of drug-likeness (QED) is 0.685. The molecule has 1 fully saturated rings. The van der Waals surface area contributed by atoms with Gasteiger partial charge in [-0.15, -0.1) is 0 Å². The number of hydrogen-bond acceptors (Lipinski definition) is 6. The largest absolute Gasteiger partial charge is 0.423 e. The van der Waals surface area contributed by atoms with E-state index >= 15 is 0 Å². The minimum Gasteiger partial charge on any atom is -0.423 e. The molecule has 124 valence electrons. The molecule has 3 aromatic rings. The van der Waals surface area contributed by atoms with Crippen LogP contribution in [0.5, 0.6) is 0 Å². The summed E-state index contributed by atoms with van der Waals surface area (Å²) in [6.45, 7) is 1.83. The standard InChI is InChI=1S/C17H18BrN5O/c1-22(16-19-10-12(18)11-20-16)13-6-8-23(9-7-13)17-21-14-4-2-3-5-15(14)24-17/h2-5,10-11,13H,6-9H2,1H3. The van der Waals surface area contributed by atoms with Crippen molar-refractivity contribution in [2.75, 3.05) is 29.9 Å². The van der Waals surface area contributed by atoms with Gasteiger partial charge in [0.05, 0.1) is 4.47 Å². The zero-order chi connectivity index (χ0) is 16.5. The molecule has 0 unspecified atom stereocenters. The maximum atomic E-state index is 5.87. The molecule has 7 heteroatoms. The minimum atomic E-state index is 0.423. The fourth-order valence-electron chi connectivity index (χ4n) is 3.09. The molecule has 0 atom stereocenters. The molecule has 0 spiro atoms. The lowest BCUT2D eigenvalue weighted by atomic mass is 10.0. The van der Waals surface area contributed by atoms with E-state index in [2.05, 4.69) is 47.7 Å². The Kier molecular flexibility index (Phi) is 4.10. The molecule has 2 aromatic heterocycles. The molecule has 3 heterocycles. The average molecular weight is 388 g/mol. The number of halogens is 1. The Labute approximate surface area is 148 Å². The van der Waals surface area contributed by atoms with Crippen LogP contribution in [0.4, 0.5) is 12.0 Å². The first-order valence-electron chi connectivity index (χ1n) is 8.01. The molecule has 1 saturated heterocycles. The summed E-state index contributed by atoms with van der Waals surface area (Å²) in [6, 6.07) is 9.03. The zero-order valence-corrected chi connectivity index (χ0v) is 15.0. The van der Waals surface area contributed by atoms with Gasteiger partial charge in [0, 0.05) is 38.6 Å². The number of oxazole rings is 1. The molecule has 0 bridgehead atoms. The molecule has 0 N–H and O–H groups in total. The summed E-state index contributed by atoms with van der Waals surface area (Å²) >= 11 is 3.37. The number of benzene rings is 1. The van der Waals surface area contributed by atoms with Crippen molar-refractivity contribution in [3.8, 4) is 0 Å². The van der Waals surface area contributed by atoms with Gasteiger partial charge in [-0.3, -0.25) is 0 Å². The van der Waals surface area contributed by atoms with E-state index in [1.165, 1.54) is 0 Å². The van der Waals surface area contributed by atoms with Crippen molar-refractivity contribution in [2.24, 2.45) is 0 Å². The highest BCUT2D eigenvalue weighted by atomic mass is 79.9. The molecule has 4 rings (SSSR count). The van der Waals surface area contributed by atoms with Crippen LogP contribution in [0.25, 0.3) is 11.1 Å². The van der Waals surface area contributed by atoms with Crippen LogP contribution >= 0.6 is 15.9 Å². The minimum absolute atomic E-state index is 0.423. The molecule has 0 amide bonds. The van der Waals surface area contributed by atoms with E-state index in [1.54, 1.807) is 12.4 Å². The van der Waals surface area contributed by atoms with Gasteiger partial charge in [-0.05, 0) is 40.9 Å². The van der Waals surface area contributed by atoms with Gasteiger partial charge < -0.3 is 14.2 Å². The Morgan fingerprint density at radius 1 is 1.17 bits per heavy atom. The summed E-state index contributed by atoms with van der Waals surface area (Å²) < 4.78 is 6.77. The van der Waals surface area contributed by atoms with Gasteiger partial charge in [-0.1, -0.05) is 12.1 Å². The highest BCUT2D eigenvalue weighted by Crippen LogP contribution is 2.26. The summed E-state index contributed by atoms with van der Waals surface area (Å²) in [4.78, 5) is 17.7. The first kappa shape index (κ1) is 15.4. The van der Waals surface area contributed by atoms with Crippen molar-refractivity contribution in [1.82, 2.24) is 15.0 Å². The number of fused-ring (bicyclic) bond motifs is 1. The number of anilines is 2. The molecular formula is C17H18BrN5O. The van der Waals surface area contributed by atoms with Crippen molar-refractivity contribution < 1.29 is 4.42 Å². The number of para-hydroxylation sites is 2. The second-order valence-corrected chi connectivity index (χ2v) is 6.91. The molecule has 1 aliphatic heterocycles. The number of rotatable bonds is 3. The van der Waals surface area contributed by atoms with Crippen molar-refractivity contribution in [1.29, 1.82) is 0 Å². The first-order chi connectivity index (χ1) is 11.7. The lowest BCUT2D eigenvalue weighted by Gasteiger charge is -2.36. The second-order valence-electron chi connectivity index (χ2n) is 5.99. The van der Waals surface area contributed by atoms with Crippen LogP contribution in [-0.2, 0) is 0 Å². The van der Waals surface area contributed by atoms with Crippen molar-refractivity contribution in [3.63, 3.8) is 0 Å². The lowest BCUT2D eigenvalue weighted by molar-refractivity contribution is 0.450. The van der Waals surface area contributed by atoms with Gasteiger partial charge >= 0.3 is 0 Å². The number of aromatic nitrogens is 3. The SMILES string of the molecule is CN(c1ncc(Br)cn1)C1CCN(c2nc3ccccc3o2)CC1. The van der Waals surface area contributed by atoms with Gasteiger partial charge in [-0.2, -0.15) is 4.98 Å². The highest BCUT2D eigenvalue weighted by Gasteiger charge is 2.26. The Bertz CT molecular complexity index is 793. The van der Waals surface area contributed by atoms with Crippen molar-refractivity contribution >= 4 is 39.0 Å². The molecule has 0 saturated carbocycles. The highest BCUT2D eigenvalue weighted by molar-refractivity contribution is 9.10. The Balaban J connectivity index is 1.43. The Morgan fingerprint density at radius 3 is 2.58 bits per heavy atom. The van der Waals surface area contributed by atoms with Gasteiger partial charge in [0.15, 0.2) is 5.58 Å². The van der Waals surface area contributed by atoms with E-state index in [-0.39, 0.29) is 0 Å². The van der Waals surface area contributed by atoms with Gasteiger partial charge in [0.2, 0.25) is 5.95 Å². The number of nitrogens with zero attached hydrogens (tertiary/aromatic N) is 5. The first-order valence-corrected chi connectivity index (χ1v) is 8.81. The summed E-state index contributed by atoms with van der Waals surface area (Å²) in [5.41, 5.74) is 1.75. The van der Waals surface area contributed by atoms with Crippen LogP contribution in [0.15, 0.2) is 45.5 Å². The second kappa shape index (κ2) is 6.39. The predicted octanol–water partition coefficient (Wildman–Crippen LogP) is 3.49. The third-order valence-electron chi connectivity index (χ3n) is 4.49. The topological polar surface area (TPSA) is 58.3 Å². The van der Waals surface area contributed by atoms with E-state index < -0.39 is 0 Å². The maximum absolute atomic E-state index is 5.87. The Hall–Kier alpha value is -2.15. The van der Waals surface area contributed by atoms with E-state index in [0.29, 0.717) is 6.04 Å². The van der Waals surface area contributed by atoms with Crippen LogP contribution in [0.1, 0.15) is 12.8 Å². The third kappa shape index (κ3) is 2.96. The molecule has 1 aliphatic rings. The van der Waals surface area contributed by atoms with E-state index in [1.807, 2.05) is 24.3 Å². The summed E-state index contributed by atoms with van der Waals surface area (Å²) in [7, 11) is 2.06. The number of hydrogen-bond donors (Lipinski definition) is 0. The third-order valence-corrected chi connectivity index (χ3v) is 4.90. The average Bonchev–Trinajstić information content (AvgIpc) is 3.06. The molecule has 24 heavy (non-hydrogen) atoms. The van der Waals surface area contributed by atoms with Crippen LogP contribution in [-0.4, -0.2) is 41.1 Å². The number of piperidine rings is 1. The van der Waals surface area contributed by atoms with Gasteiger partial charge in [0.25, 0.3) is 6.01 Å². The maximum Gasteiger partial charge on any atom is 0.298 e. The van der Waals surface area contributed by atoms with Crippen molar-refractivity contribution in [2.45, 2.75) is 18.9 Å². The van der Waals surface area contributed by atoms with E-state index in [0.717, 1.165) is 53.5 Å². The fourth-order valence-corrected chi connectivity index (χ4v) is 3.30. The summed E-state index contributed by atoms with van der Waals surface area (Å²) in [5, 5.41) is 0. The normalized spacial score (nSPS) is 15.8. The van der Waals surface area contributed by atoms with Crippen molar-refractivity contribution in [3.05, 3.63) is 41.1 Å². The van der Waals surface area contributed by atoms with E-state index in [4.69, 9.17) is 4.42 Å². The summed E-state index contributed by atoms with van der Waals surface area (Å²) in [5.74, 6) is 0.763. The molecule has 6 nitrogen and oxygen atoms in total. The van der Waals surface area contributed by atoms with Crippen LogP contribution in [0, 0.1) is 0 Å². The van der Waals surface area contributed by atoms with E-state index in [9.17, 15) is 0 Å². The van der Waals surface area contributed by atoms with Gasteiger partial charge in [0.1, 0.15) is 5.52 Å².